The first-order chi connectivity index (χ1) is 31.0. The van der Waals surface area contributed by atoms with Crippen molar-refractivity contribution in [3.63, 3.8) is 0 Å². The fourth-order valence-electron chi connectivity index (χ4n) is 10.3. The highest BCUT2D eigenvalue weighted by molar-refractivity contribution is 6.33. The minimum absolute atomic E-state index is 0.0849. The number of aromatic nitrogens is 5. The molecule has 1 unspecified atom stereocenters. The molecule has 0 bridgehead atoms. The fourth-order valence-corrected chi connectivity index (χ4v) is 10.5. The minimum atomic E-state index is -4.47. The van der Waals surface area contributed by atoms with E-state index in [0.29, 0.717) is 67.7 Å². The maximum atomic E-state index is 15.2. The lowest BCUT2D eigenvalue weighted by Crippen LogP contribution is -2.51. The molecule has 2 aromatic carbocycles. The van der Waals surface area contributed by atoms with Crippen LogP contribution < -0.4 is 31.1 Å². The average Bonchev–Trinajstić information content (AvgIpc) is 4.08. The zero-order valence-electron chi connectivity index (χ0n) is 35.7. The predicted octanol–water partition coefficient (Wildman–Crippen LogP) is 7.24. The maximum absolute atomic E-state index is 15.2. The van der Waals surface area contributed by atoms with Gasteiger partial charge in [-0.05, 0) is 99.2 Å². The summed E-state index contributed by atoms with van der Waals surface area (Å²) in [7, 11) is 3.37. The van der Waals surface area contributed by atoms with Crippen LogP contribution in [0.4, 0.5) is 45.1 Å². The summed E-state index contributed by atoms with van der Waals surface area (Å²) in [5, 5.41) is 14.6. The number of benzene rings is 2. The number of alkyl halides is 5. The molecule has 5 aromatic rings. The number of carbonyl (C=O) groups is 2. The zero-order chi connectivity index (χ0) is 45.5. The van der Waals surface area contributed by atoms with Crippen molar-refractivity contribution in [1.29, 1.82) is 0 Å². The predicted molar refractivity (Wildman–Crippen MR) is 234 cm³/mol. The van der Waals surface area contributed by atoms with Crippen LogP contribution in [0.1, 0.15) is 68.0 Å². The number of aryl methyl sites for hydroxylation is 2. The third-order valence-corrected chi connectivity index (χ3v) is 14.4. The van der Waals surface area contributed by atoms with Gasteiger partial charge >= 0.3 is 12.1 Å². The fraction of sp³-hybridized carbons (Fsp3) is 0.511. The van der Waals surface area contributed by atoms with Crippen molar-refractivity contribution in [3.8, 4) is 5.75 Å². The molecule has 344 valence electrons. The molecule has 10 rings (SSSR count). The van der Waals surface area contributed by atoms with Crippen molar-refractivity contribution >= 4 is 68.4 Å². The Hall–Kier alpha value is -5.56. The number of halogens is 6. The van der Waals surface area contributed by atoms with Gasteiger partial charge in [0.2, 0.25) is 23.5 Å². The van der Waals surface area contributed by atoms with Gasteiger partial charge in [-0.1, -0.05) is 23.7 Å². The van der Waals surface area contributed by atoms with Crippen LogP contribution in [0.3, 0.4) is 0 Å². The topological polar surface area (TPSA) is 152 Å². The molecule has 2 amide bonds. The molecule has 3 N–H and O–H groups in total. The number of nitrogens with one attached hydrogen (secondary N) is 3. The number of amides is 2. The van der Waals surface area contributed by atoms with Crippen molar-refractivity contribution in [2.45, 2.75) is 74.9 Å². The van der Waals surface area contributed by atoms with Crippen LogP contribution in [-0.4, -0.2) is 98.5 Å². The third kappa shape index (κ3) is 8.23. The lowest BCUT2D eigenvalue weighted by atomic mass is 9.83. The highest BCUT2D eigenvalue weighted by atomic mass is 35.5. The van der Waals surface area contributed by atoms with Gasteiger partial charge in [-0.2, -0.15) is 23.3 Å². The van der Waals surface area contributed by atoms with Gasteiger partial charge in [0, 0.05) is 56.6 Å². The molecule has 1 aliphatic carbocycles. The Morgan fingerprint density at radius 1 is 0.954 bits per heavy atom. The molecule has 4 fully saturated rings. The smallest absolute Gasteiger partial charge is 0.393 e. The highest BCUT2D eigenvalue weighted by Gasteiger charge is 2.51. The van der Waals surface area contributed by atoms with Gasteiger partial charge in [0.15, 0.2) is 12.4 Å². The number of piperidine rings is 3. The number of carbonyl (C=O) groups excluding carboxylic acids is 2. The molecule has 5 aliphatic rings. The third-order valence-electron chi connectivity index (χ3n) is 14.1. The summed E-state index contributed by atoms with van der Waals surface area (Å²) in [6, 6.07) is 9.93. The monoisotopic (exact) mass is 922 g/mol. The van der Waals surface area contributed by atoms with Crippen LogP contribution in [0.15, 0.2) is 47.4 Å². The number of hydrogen-bond donors (Lipinski definition) is 3. The van der Waals surface area contributed by atoms with Gasteiger partial charge in [0.1, 0.15) is 5.02 Å². The molecule has 65 heavy (non-hydrogen) atoms. The molecule has 14 nitrogen and oxygen atoms in total. The zero-order valence-corrected chi connectivity index (χ0v) is 36.5. The van der Waals surface area contributed by atoms with Crippen molar-refractivity contribution < 1.29 is 36.3 Å². The molecule has 20 heteroatoms. The van der Waals surface area contributed by atoms with Crippen molar-refractivity contribution in [2.24, 2.45) is 31.8 Å². The Morgan fingerprint density at radius 2 is 1.74 bits per heavy atom. The van der Waals surface area contributed by atoms with E-state index >= 15 is 8.78 Å². The van der Waals surface area contributed by atoms with Crippen LogP contribution in [0.2, 0.25) is 5.02 Å². The van der Waals surface area contributed by atoms with E-state index in [9.17, 15) is 27.6 Å². The standard InChI is InChI=1S/C45H48ClF5N10O4/c1-58-33-9-6-27(18-30(33)37-38(42(58)64)65-22-44(47,48)39(55-37)24-3-4-24)53-40-32(46)19-52-43(56-40)61-16-13-26(31(21-61)45(49,50)51)20-60-14-11-23(12-15-60)25-5-7-28-34(17-25)59(2)57-36(28)29-8-10-35(62)54-41(29)63/h5-7,9,17-19,23-24,26,29,31,39,55H,3-4,8,10-16,20-22H2,1-2H3,(H,52,53,56)(H,54,62,63)/t26-,29?,31-,39-/m0/s1. The first-order valence-electron chi connectivity index (χ1n) is 22.1. The van der Waals surface area contributed by atoms with Gasteiger partial charge in [0.25, 0.3) is 5.56 Å². The Kier molecular flexibility index (Phi) is 10.9. The van der Waals surface area contributed by atoms with E-state index in [2.05, 4.69) is 48.0 Å². The van der Waals surface area contributed by atoms with E-state index in [4.69, 9.17) is 16.3 Å². The quantitative estimate of drug-likeness (QED) is 0.107. The Labute approximate surface area is 374 Å². The number of ether oxygens (including phenoxy) is 1. The van der Waals surface area contributed by atoms with E-state index in [-0.39, 0.29) is 71.3 Å². The first-order valence-corrected chi connectivity index (χ1v) is 22.5. The molecule has 0 radical (unpaired) electrons. The van der Waals surface area contributed by atoms with Gasteiger partial charge in [-0.15, -0.1) is 0 Å². The van der Waals surface area contributed by atoms with Gasteiger partial charge in [-0.3, -0.25) is 24.4 Å². The molecule has 1 saturated carbocycles. The SMILES string of the molecule is Cn1nc(C2CCC(=O)NC2=O)c2ccc(C3CCN(C[C@@H]4CCN(c5ncc(Cl)c(Nc6ccc7c(c6)c6c(c(=O)n7C)OCC(F)(F)[C@H](C7CC7)N6)n5)C[C@@H]4C(F)(F)F)CC3)cc21. The Balaban J connectivity index is 0.812. The molecule has 0 spiro atoms. The summed E-state index contributed by atoms with van der Waals surface area (Å²) < 4.78 is 83.5. The normalized spacial score (nSPS) is 24.3. The highest BCUT2D eigenvalue weighted by Crippen LogP contribution is 2.46. The Bertz CT molecular complexity index is 2770. The second kappa shape index (κ2) is 16.4. The maximum Gasteiger partial charge on any atom is 0.393 e. The Morgan fingerprint density at radius 3 is 2.48 bits per heavy atom. The lowest BCUT2D eigenvalue weighted by molar-refractivity contribution is -0.191. The summed E-state index contributed by atoms with van der Waals surface area (Å²) in [6.07, 6.45) is 0.658. The number of imide groups is 1. The number of likely N-dealkylation sites (tertiary alicyclic amines) is 1. The second-order valence-electron chi connectivity index (χ2n) is 18.3. The summed E-state index contributed by atoms with van der Waals surface area (Å²) in [6.45, 7) is 0.662. The van der Waals surface area contributed by atoms with E-state index in [1.807, 2.05) is 13.1 Å². The molecule has 7 heterocycles. The number of hydrogen-bond acceptors (Lipinski definition) is 11. The number of anilines is 4. The first kappa shape index (κ1) is 43.3. The summed E-state index contributed by atoms with van der Waals surface area (Å²) >= 11 is 6.55. The van der Waals surface area contributed by atoms with E-state index < -0.39 is 48.1 Å². The molecule has 4 aliphatic heterocycles. The van der Waals surface area contributed by atoms with E-state index in [1.54, 1.807) is 22.9 Å². The average molecular weight is 923 g/mol. The van der Waals surface area contributed by atoms with Crippen LogP contribution in [0.5, 0.6) is 5.75 Å². The summed E-state index contributed by atoms with van der Waals surface area (Å²) in [4.78, 5) is 50.2. The van der Waals surface area contributed by atoms with Crippen LogP contribution in [-0.2, 0) is 23.7 Å². The number of fused-ring (bicyclic) bond motifs is 4. The van der Waals surface area contributed by atoms with Gasteiger partial charge < -0.3 is 29.7 Å². The summed E-state index contributed by atoms with van der Waals surface area (Å²) in [5.41, 5.74) is 3.20. The van der Waals surface area contributed by atoms with Crippen molar-refractivity contribution in [2.75, 3.05) is 54.9 Å². The van der Waals surface area contributed by atoms with Crippen molar-refractivity contribution in [3.05, 3.63) is 69.2 Å². The van der Waals surface area contributed by atoms with E-state index in [1.165, 1.54) is 22.7 Å². The minimum Gasteiger partial charge on any atom is -0.480 e. The summed E-state index contributed by atoms with van der Waals surface area (Å²) in [5.74, 6) is -6.59. The van der Waals surface area contributed by atoms with Crippen LogP contribution >= 0.6 is 11.6 Å². The van der Waals surface area contributed by atoms with Gasteiger partial charge in [0.05, 0.1) is 46.5 Å². The molecule has 3 aromatic heterocycles. The van der Waals surface area contributed by atoms with Crippen LogP contribution in [0.25, 0.3) is 21.8 Å². The largest absolute Gasteiger partial charge is 0.480 e. The molecular weight excluding hydrogens is 875 g/mol. The van der Waals surface area contributed by atoms with Gasteiger partial charge in [-0.25, -0.2) is 13.8 Å². The number of nitrogens with zero attached hydrogens (tertiary/aromatic N) is 7. The lowest BCUT2D eigenvalue weighted by Gasteiger charge is -2.42. The second-order valence-corrected chi connectivity index (χ2v) is 18.7. The number of rotatable bonds is 8. The van der Waals surface area contributed by atoms with Crippen LogP contribution in [0, 0.1) is 17.8 Å². The molecule has 4 atom stereocenters. The molecule has 3 saturated heterocycles. The van der Waals surface area contributed by atoms with Crippen molar-refractivity contribution in [1.82, 2.24) is 34.5 Å². The van der Waals surface area contributed by atoms with E-state index in [0.717, 1.165) is 29.3 Å². The molecular formula is C45H48ClF5N10O4. The number of pyridine rings is 1.